The molecule has 1 aromatic carbocycles. The molecular formula is C17H30NO2+. The summed E-state index contributed by atoms with van der Waals surface area (Å²) in [6, 6.07) is 4.97. The lowest BCUT2D eigenvalue weighted by atomic mass is 10.1. The SMILES string of the molecule is CC[C@H](C)[NH2+]CCOCCOc1cc(C)cc(C)c1C. The van der Waals surface area contributed by atoms with E-state index in [1.165, 1.54) is 23.1 Å². The van der Waals surface area contributed by atoms with Crippen molar-refractivity contribution in [2.45, 2.75) is 47.1 Å². The molecule has 0 fully saturated rings. The molecule has 0 amide bonds. The zero-order valence-electron chi connectivity index (χ0n) is 13.7. The van der Waals surface area contributed by atoms with Crippen LogP contribution < -0.4 is 10.1 Å². The predicted molar refractivity (Wildman–Crippen MR) is 83.5 cm³/mol. The van der Waals surface area contributed by atoms with Crippen LogP contribution in [0.2, 0.25) is 0 Å². The van der Waals surface area contributed by atoms with Crippen LogP contribution in [0, 0.1) is 20.8 Å². The zero-order valence-corrected chi connectivity index (χ0v) is 13.7. The third-order valence-electron chi connectivity index (χ3n) is 3.72. The molecule has 1 atom stereocenters. The minimum Gasteiger partial charge on any atom is -0.491 e. The Labute approximate surface area is 123 Å². The van der Waals surface area contributed by atoms with E-state index >= 15 is 0 Å². The van der Waals surface area contributed by atoms with Crippen molar-refractivity contribution in [1.29, 1.82) is 0 Å². The third-order valence-corrected chi connectivity index (χ3v) is 3.72. The van der Waals surface area contributed by atoms with Crippen molar-refractivity contribution in [2.24, 2.45) is 0 Å². The number of hydrogen-bond acceptors (Lipinski definition) is 2. The maximum atomic E-state index is 5.81. The zero-order chi connectivity index (χ0) is 15.0. The second-order valence-corrected chi connectivity index (χ2v) is 5.58. The Morgan fingerprint density at radius 3 is 2.55 bits per heavy atom. The van der Waals surface area contributed by atoms with Gasteiger partial charge in [-0.15, -0.1) is 0 Å². The molecule has 0 spiro atoms. The number of hydrogen-bond donors (Lipinski definition) is 1. The van der Waals surface area contributed by atoms with Crippen molar-refractivity contribution >= 4 is 0 Å². The highest BCUT2D eigenvalue weighted by atomic mass is 16.5. The molecule has 3 nitrogen and oxygen atoms in total. The molecule has 0 saturated heterocycles. The Kier molecular flexibility index (Phi) is 7.63. The molecule has 0 saturated carbocycles. The van der Waals surface area contributed by atoms with E-state index in [0.29, 0.717) is 19.3 Å². The van der Waals surface area contributed by atoms with Gasteiger partial charge in [0.15, 0.2) is 0 Å². The van der Waals surface area contributed by atoms with E-state index in [1.807, 2.05) is 0 Å². The first-order chi connectivity index (χ1) is 9.54. The smallest absolute Gasteiger partial charge is 0.122 e. The fraction of sp³-hybridized carbons (Fsp3) is 0.647. The predicted octanol–water partition coefficient (Wildman–Crippen LogP) is 2.37. The Morgan fingerprint density at radius 1 is 1.10 bits per heavy atom. The molecule has 0 aromatic heterocycles. The van der Waals surface area contributed by atoms with Gasteiger partial charge in [0.25, 0.3) is 0 Å². The summed E-state index contributed by atoms with van der Waals surface area (Å²) >= 11 is 0. The van der Waals surface area contributed by atoms with Gasteiger partial charge in [0.2, 0.25) is 0 Å². The number of rotatable bonds is 9. The van der Waals surface area contributed by atoms with Crippen LogP contribution in [0.1, 0.15) is 37.0 Å². The lowest BCUT2D eigenvalue weighted by Gasteiger charge is -2.13. The highest BCUT2D eigenvalue weighted by Crippen LogP contribution is 2.23. The Balaban J connectivity index is 2.19. The van der Waals surface area contributed by atoms with Gasteiger partial charge in [-0.25, -0.2) is 0 Å². The van der Waals surface area contributed by atoms with Crippen LogP contribution in [0.3, 0.4) is 0 Å². The molecule has 0 heterocycles. The second kappa shape index (κ2) is 8.98. The van der Waals surface area contributed by atoms with Crippen LogP contribution in [-0.4, -0.2) is 32.4 Å². The molecule has 1 aromatic rings. The van der Waals surface area contributed by atoms with Crippen molar-refractivity contribution in [3.05, 3.63) is 28.8 Å². The van der Waals surface area contributed by atoms with Crippen molar-refractivity contribution in [2.75, 3.05) is 26.4 Å². The van der Waals surface area contributed by atoms with Gasteiger partial charge < -0.3 is 14.8 Å². The van der Waals surface area contributed by atoms with E-state index in [9.17, 15) is 0 Å². The Morgan fingerprint density at radius 2 is 1.85 bits per heavy atom. The number of ether oxygens (including phenoxy) is 2. The highest BCUT2D eigenvalue weighted by Gasteiger charge is 2.04. The second-order valence-electron chi connectivity index (χ2n) is 5.58. The van der Waals surface area contributed by atoms with Crippen LogP contribution >= 0.6 is 0 Å². The molecule has 0 radical (unpaired) electrons. The number of benzene rings is 1. The molecular weight excluding hydrogens is 250 g/mol. The molecule has 0 aliphatic carbocycles. The summed E-state index contributed by atoms with van der Waals surface area (Å²) in [6.07, 6.45) is 1.20. The standard InChI is InChI=1S/C17H29NO2/c1-6-15(4)18-7-8-19-9-10-20-17-12-13(2)11-14(3)16(17)5/h11-12,15,18H,6-10H2,1-5H3/p+1/t15-/m0/s1. The largest absolute Gasteiger partial charge is 0.491 e. The van der Waals surface area contributed by atoms with Crippen molar-refractivity contribution in [3.8, 4) is 5.75 Å². The molecule has 20 heavy (non-hydrogen) atoms. The van der Waals surface area contributed by atoms with E-state index in [4.69, 9.17) is 9.47 Å². The van der Waals surface area contributed by atoms with Crippen molar-refractivity contribution in [1.82, 2.24) is 0 Å². The van der Waals surface area contributed by atoms with Gasteiger partial charge in [-0.3, -0.25) is 0 Å². The summed E-state index contributed by atoms with van der Waals surface area (Å²) in [7, 11) is 0. The van der Waals surface area contributed by atoms with E-state index < -0.39 is 0 Å². The van der Waals surface area contributed by atoms with Crippen LogP contribution in [0.4, 0.5) is 0 Å². The average Bonchev–Trinajstić information content (AvgIpc) is 2.42. The minimum atomic E-state index is 0.618. The van der Waals surface area contributed by atoms with E-state index in [1.54, 1.807) is 0 Å². The van der Waals surface area contributed by atoms with Gasteiger partial charge in [-0.05, 0) is 56.9 Å². The fourth-order valence-electron chi connectivity index (χ4n) is 2.07. The number of nitrogens with two attached hydrogens (primary N) is 1. The molecule has 1 rings (SSSR count). The summed E-state index contributed by atoms with van der Waals surface area (Å²) < 4.78 is 11.4. The third kappa shape index (κ3) is 5.93. The van der Waals surface area contributed by atoms with Gasteiger partial charge in [-0.2, -0.15) is 0 Å². The summed E-state index contributed by atoms with van der Waals surface area (Å²) in [6.45, 7) is 13.9. The lowest BCUT2D eigenvalue weighted by molar-refractivity contribution is -0.687. The quantitative estimate of drug-likeness (QED) is 0.705. The summed E-state index contributed by atoms with van der Waals surface area (Å²) in [4.78, 5) is 0. The van der Waals surface area contributed by atoms with Gasteiger partial charge in [0.1, 0.15) is 12.4 Å². The first-order valence-electron chi connectivity index (χ1n) is 7.66. The lowest BCUT2D eigenvalue weighted by Crippen LogP contribution is -2.90. The molecule has 3 heteroatoms. The van der Waals surface area contributed by atoms with Gasteiger partial charge in [0.05, 0.1) is 25.8 Å². The molecule has 2 N–H and O–H groups in total. The van der Waals surface area contributed by atoms with E-state index in [2.05, 4.69) is 52.1 Å². The van der Waals surface area contributed by atoms with Crippen molar-refractivity contribution < 1.29 is 14.8 Å². The normalized spacial score (nSPS) is 12.4. The highest BCUT2D eigenvalue weighted by molar-refractivity contribution is 5.41. The molecule has 114 valence electrons. The maximum absolute atomic E-state index is 5.81. The first-order valence-corrected chi connectivity index (χ1v) is 7.66. The van der Waals surface area contributed by atoms with Crippen LogP contribution in [0.25, 0.3) is 0 Å². The van der Waals surface area contributed by atoms with Crippen LogP contribution in [0.5, 0.6) is 5.75 Å². The summed E-state index contributed by atoms with van der Waals surface area (Å²) in [5.41, 5.74) is 3.75. The van der Waals surface area contributed by atoms with Gasteiger partial charge in [0, 0.05) is 0 Å². The fourth-order valence-corrected chi connectivity index (χ4v) is 2.07. The Hall–Kier alpha value is -1.06. The topological polar surface area (TPSA) is 35.1 Å². The van der Waals surface area contributed by atoms with Crippen LogP contribution in [0.15, 0.2) is 12.1 Å². The molecule has 0 aliphatic heterocycles. The molecule has 0 bridgehead atoms. The Bertz CT molecular complexity index is 404. The van der Waals surface area contributed by atoms with Gasteiger partial charge in [-0.1, -0.05) is 13.0 Å². The van der Waals surface area contributed by atoms with E-state index in [-0.39, 0.29) is 0 Å². The summed E-state index contributed by atoms with van der Waals surface area (Å²) in [5, 5.41) is 2.33. The first kappa shape index (κ1) is 17.0. The molecule has 0 aliphatic rings. The van der Waals surface area contributed by atoms with E-state index in [0.717, 1.165) is 18.9 Å². The average molecular weight is 280 g/mol. The summed E-state index contributed by atoms with van der Waals surface area (Å²) in [5.74, 6) is 0.984. The molecule has 0 unspecified atom stereocenters. The van der Waals surface area contributed by atoms with Crippen LogP contribution in [-0.2, 0) is 4.74 Å². The number of quaternary nitrogens is 1. The maximum Gasteiger partial charge on any atom is 0.122 e. The van der Waals surface area contributed by atoms with Crippen molar-refractivity contribution in [3.63, 3.8) is 0 Å². The number of aryl methyl sites for hydroxylation is 2. The minimum absolute atomic E-state index is 0.618. The monoisotopic (exact) mass is 280 g/mol. The van der Waals surface area contributed by atoms with Gasteiger partial charge >= 0.3 is 0 Å².